The Balaban J connectivity index is 1.45. The molecule has 2 atom stereocenters. The van der Waals surface area contributed by atoms with Gasteiger partial charge in [-0.05, 0) is 55.0 Å². The van der Waals surface area contributed by atoms with Crippen LogP contribution in [0.5, 0.6) is 0 Å². The summed E-state index contributed by atoms with van der Waals surface area (Å²) in [7, 11) is 0. The number of carbonyl (C=O) groups is 1. The van der Waals surface area contributed by atoms with Crippen LogP contribution in [0.1, 0.15) is 24.0 Å². The maximum atomic E-state index is 13.3. The minimum Gasteiger partial charge on any atom is -0.364 e. The number of benzene rings is 1. The van der Waals surface area contributed by atoms with Gasteiger partial charge in [0, 0.05) is 44.3 Å². The van der Waals surface area contributed by atoms with E-state index in [2.05, 4.69) is 25.1 Å². The number of amides is 1. The molecule has 1 aromatic carbocycles. The third-order valence-electron chi connectivity index (χ3n) is 6.47. The van der Waals surface area contributed by atoms with Crippen molar-refractivity contribution in [3.63, 3.8) is 0 Å². The second-order valence-corrected chi connectivity index (χ2v) is 8.60. The Morgan fingerprint density at radius 1 is 1.16 bits per heavy atom. The number of hydrogen-bond donors (Lipinski definition) is 1. The summed E-state index contributed by atoms with van der Waals surface area (Å²) in [6.45, 7) is 2.42. The first-order valence-corrected chi connectivity index (χ1v) is 10.7. The standard InChI is InChI=1S/C22H24F3N5O/c23-22(24,25)16-4-5-18-15(10-16)11-17(20(31)28-12-14-2-3-14)19-13-29(8-9-30(18)19)21-26-6-1-7-27-21/h1,4-7,10,14,17,19H,2-3,8-9,11-13H2,(H,28,31)/t17-,19+/m1/s1. The van der Waals surface area contributed by atoms with Crippen molar-refractivity contribution in [2.24, 2.45) is 11.8 Å². The molecule has 164 valence electrons. The minimum absolute atomic E-state index is 0.0826. The number of alkyl halides is 3. The normalized spacial score (nSPS) is 23.2. The molecule has 2 aliphatic heterocycles. The third kappa shape index (κ3) is 4.05. The highest BCUT2D eigenvalue weighted by molar-refractivity contribution is 5.82. The highest BCUT2D eigenvalue weighted by Crippen LogP contribution is 2.40. The van der Waals surface area contributed by atoms with Gasteiger partial charge in [0.05, 0.1) is 17.5 Å². The summed E-state index contributed by atoms with van der Waals surface area (Å²) >= 11 is 0. The van der Waals surface area contributed by atoms with Crippen LogP contribution in [0.2, 0.25) is 0 Å². The van der Waals surface area contributed by atoms with Gasteiger partial charge in [-0.3, -0.25) is 4.79 Å². The van der Waals surface area contributed by atoms with Gasteiger partial charge in [-0.1, -0.05) is 0 Å². The Hall–Kier alpha value is -2.84. The van der Waals surface area contributed by atoms with Gasteiger partial charge in [-0.15, -0.1) is 0 Å². The van der Waals surface area contributed by atoms with E-state index in [1.54, 1.807) is 24.5 Å². The summed E-state index contributed by atoms with van der Waals surface area (Å²) < 4.78 is 39.9. The fourth-order valence-corrected chi connectivity index (χ4v) is 4.63. The molecule has 3 heterocycles. The molecule has 1 N–H and O–H groups in total. The van der Waals surface area contributed by atoms with Crippen molar-refractivity contribution >= 4 is 17.5 Å². The molecule has 5 rings (SSSR count). The molecule has 0 spiro atoms. The minimum atomic E-state index is -4.40. The van der Waals surface area contributed by atoms with E-state index < -0.39 is 17.7 Å². The van der Waals surface area contributed by atoms with Crippen molar-refractivity contribution in [1.29, 1.82) is 0 Å². The first-order chi connectivity index (χ1) is 14.9. The molecule has 1 aromatic heterocycles. The highest BCUT2D eigenvalue weighted by Gasteiger charge is 2.43. The zero-order valence-electron chi connectivity index (χ0n) is 17.0. The van der Waals surface area contributed by atoms with E-state index in [4.69, 9.17) is 0 Å². The van der Waals surface area contributed by atoms with Gasteiger partial charge in [-0.25, -0.2) is 9.97 Å². The summed E-state index contributed by atoms with van der Waals surface area (Å²) in [6, 6.07) is 5.50. The van der Waals surface area contributed by atoms with Gasteiger partial charge < -0.3 is 15.1 Å². The number of hydrogen-bond acceptors (Lipinski definition) is 5. The van der Waals surface area contributed by atoms with Crippen molar-refractivity contribution in [3.05, 3.63) is 47.8 Å². The van der Waals surface area contributed by atoms with Crippen molar-refractivity contribution in [3.8, 4) is 0 Å². The maximum absolute atomic E-state index is 13.3. The van der Waals surface area contributed by atoms with E-state index in [1.807, 2.05) is 0 Å². The molecule has 1 amide bonds. The summed E-state index contributed by atoms with van der Waals surface area (Å²) in [5.74, 6) is 0.632. The number of fused-ring (bicyclic) bond motifs is 3. The second-order valence-electron chi connectivity index (χ2n) is 8.60. The number of aromatic nitrogens is 2. The predicted molar refractivity (Wildman–Crippen MR) is 110 cm³/mol. The lowest BCUT2D eigenvalue weighted by molar-refractivity contribution is -0.137. The van der Waals surface area contributed by atoms with Crippen LogP contribution >= 0.6 is 0 Å². The fourth-order valence-electron chi connectivity index (χ4n) is 4.63. The number of rotatable bonds is 4. The third-order valence-corrected chi connectivity index (χ3v) is 6.47. The summed E-state index contributed by atoms with van der Waals surface area (Å²) in [5, 5.41) is 3.04. The molecule has 9 heteroatoms. The van der Waals surface area contributed by atoms with E-state index in [1.165, 1.54) is 6.07 Å². The Morgan fingerprint density at radius 3 is 2.65 bits per heavy atom. The highest BCUT2D eigenvalue weighted by atomic mass is 19.4. The topological polar surface area (TPSA) is 61.4 Å². The van der Waals surface area contributed by atoms with Crippen LogP contribution < -0.4 is 15.1 Å². The molecule has 1 saturated carbocycles. The Labute approximate surface area is 178 Å². The van der Waals surface area contributed by atoms with Gasteiger partial charge in [-0.2, -0.15) is 13.2 Å². The molecular formula is C22H24F3N5O. The summed E-state index contributed by atoms with van der Waals surface area (Å²) in [5.41, 5.74) is 0.707. The summed E-state index contributed by atoms with van der Waals surface area (Å²) in [4.78, 5) is 25.9. The van der Waals surface area contributed by atoms with Crippen LogP contribution in [0, 0.1) is 11.8 Å². The van der Waals surface area contributed by atoms with Crippen molar-refractivity contribution < 1.29 is 18.0 Å². The van der Waals surface area contributed by atoms with Crippen molar-refractivity contribution in [2.45, 2.75) is 31.5 Å². The molecule has 0 bridgehead atoms. The lowest BCUT2D eigenvalue weighted by atomic mass is 9.82. The Kier molecular flexibility index (Phi) is 4.98. The quantitative estimate of drug-likeness (QED) is 0.807. The van der Waals surface area contributed by atoms with E-state index in [0.717, 1.165) is 24.6 Å². The van der Waals surface area contributed by atoms with Crippen LogP contribution in [-0.2, 0) is 17.4 Å². The number of nitrogens with zero attached hydrogens (tertiary/aromatic N) is 4. The molecule has 2 fully saturated rings. The Bertz CT molecular complexity index is 963. The van der Waals surface area contributed by atoms with E-state index in [-0.39, 0.29) is 11.9 Å². The van der Waals surface area contributed by atoms with Gasteiger partial charge in [0.15, 0.2) is 0 Å². The predicted octanol–water partition coefficient (Wildman–Crippen LogP) is 2.89. The molecule has 3 aliphatic rings. The maximum Gasteiger partial charge on any atom is 0.416 e. The van der Waals surface area contributed by atoms with Crippen LogP contribution in [0.25, 0.3) is 0 Å². The SMILES string of the molecule is O=C(NCC1CC1)[C@@H]1Cc2cc(C(F)(F)F)ccc2N2CCN(c3ncccn3)C[C@@H]12. The van der Waals surface area contributed by atoms with Gasteiger partial charge >= 0.3 is 6.18 Å². The molecule has 6 nitrogen and oxygen atoms in total. The molecule has 0 radical (unpaired) electrons. The average molecular weight is 431 g/mol. The molecular weight excluding hydrogens is 407 g/mol. The Morgan fingerprint density at radius 2 is 1.94 bits per heavy atom. The number of carbonyl (C=O) groups excluding carboxylic acids is 1. The molecule has 31 heavy (non-hydrogen) atoms. The zero-order valence-corrected chi connectivity index (χ0v) is 17.0. The molecule has 2 aromatic rings. The first kappa shape index (κ1) is 20.1. The van der Waals surface area contributed by atoms with E-state index >= 15 is 0 Å². The van der Waals surface area contributed by atoms with Crippen molar-refractivity contribution in [1.82, 2.24) is 15.3 Å². The van der Waals surface area contributed by atoms with Crippen molar-refractivity contribution in [2.75, 3.05) is 36.0 Å². The molecule has 0 unspecified atom stereocenters. The number of piperazine rings is 1. The van der Waals surface area contributed by atoms with Crippen LogP contribution in [0.15, 0.2) is 36.7 Å². The zero-order chi connectivity index (χ0) is 21.6. The number of halogens is 3. The lowest BCUT2D eigenvalue weighted by Gasteiger charge is -2.49. The van der Waals surface area contributed by atoms with Gasteiger partial charge in [0.1, 0.15) is 0 Å². The van der Waals surface area contributed by atoms with Gasteiger partial charge in [0.25, 0.3) is 0 Å². The summed E-state index contributed by atoms with van der Waals surface area (Å²) in [6.07, 6.45) is 1.50. The van der Waals surface area contributed by atoms with Crippen LogP contribution in [0.4, 0.5) is 24.8 Å². The fraction of sp³-hybridized carbons (Fsp3) is 0.500. The van der Waals surface area contributed by atoms with E-state index in [0.29, 0.717) is 50.0 Å². The lowest BCUT2D eigenvalue weighted by Crippen LogP contribution is -2.61. The number of anilines is 2. The van der Waals surface area contributed by atoms with E-state index in [9.17, 15) is 18.0 Å². The monoisotopic (exact) mass is 431 g/mol. The molecule has 1 aliphatic carbocycles. The van der Waals surface area contributed by atoms with Crippen LogP contribution in [-0.4, -0.2) is 48.1 Å². The average Bonchev–Trinajstić information content (AvgIpc) is 3.60. The molecule has 1 saturated heterocycles. The second kappa shape index (κ2) is 7.69. The number of nitrogens with one attached hydrogen (secondary N) is 1. The largest absolute Gasteiger partial charge is 0.416 e. The smallest absolute Gasteiger partial charge is 0.364 e. The first-order valence-electron chi connectivity index (χ1n) is 10.7. The van der Waals surface area contributed by atoms with Gasteiger partial charge in [0.2, 0.25) is 11.9 Å². The van der Waals surface area contributed by atoms with Crippen LogP contribution in [0.3, 0.4) is 0 Å².